The third kappa shape index (κ3) is 4.42. The van der Waals surface area contributed by atoms with Crippen molar-refractivity contribution in [3.8, 4) is 11.5 Å². The van der Waals surface area contributed by atoms with Crippen molar-refractivity contribution in [2.75, 3.05) is 13.2 Å². The molecule has 0 amide bonds. The molecule has 1 fully saturated rings. The lowest BCUT2D eigenvalue weighted by molar-refractivity contribution is 0.0672. The van der Waals surface area contributed by atoms with Gasteiger partial charge in [-0.2, -0.15) is 0 Å². The smallest absolute Gasteiger partial charge is 0.343 e. The number of halogens is 1. The Bertz CT molecular complexity index is 813. The molecule has 1 saturated heterocycles. The molecule has 136 valence electrons. The number of benzene rings is 2. The number of carbonyl (C=O) groups is 2. The minimum atomic E-state index is -1.16. The number of rotatable bonds is 6. The van der Waals surface area contributed by atoms with E-state index in [4.69, 9.17) is 19.3 Å². The predicted octanol–water partition coefficient (Wildman–Crippen LogP) is 3.92. The number of ether oxygens (including phenoxy) is 3. The van der Waals surface area contributed by atoms with Crippen molar-refractivity contribution in [2.45, 2.75) is 18.9 Å². The Labute approximate surface area is 158 Å². The number of hydrogen-bond acceptors (Lipinski definition) is 5. The third-order valence-corrected chi connectivity index (χ3v) is 4.56. The van der Waals surface area contributed by atoms with Crippen molar-refractivity contribution in [1.29, 1.82) is 0 Å². The second-order valence-corrected chi connectivity index (χ2v) is 6.64. The van der Waals surface area contributed by atoms with E-state index < -0.39 is 11.9 Å². The molecule has 2 aromatic carbocycles. The van der Waals surface area contributed by atoms with Gasteiger partial charge in [0.25, 0.3) is 0 Å². The van der Waals surface area contributed by atoms with Gasteiger partial charge < -0.3 is 19.3 Å². The molecular formula is C19H17BrO6. The first-order valence-corrected chi connectivity index (χ1v) is 8.92. The van der Waals surface area contributed by atoms with E-state index in [2.05, 4.69) is 15.9 Å². The Morgan fingerprint density at radius 1 is 1.19 bits per heavy atom. The zero-order valence-corrected chi connectivity index (χ0v) is 15.4. The molecule has 0 radical (unpaired) electrons. The van der Waals surface area contributed by atoms with Crippen molar-refractivity contribution in [1.82, 2.24) is 0 Å². The average molecular weight is 421 g/mol. The van der Waals surface area contributed by atoms with Crippen LogP contribution in [0.1, 0.15) is 33.6 Å². The first-order valence-electron chi connectivity index (χ1n) is 8.13. The summed E-state index contributed by atoms with van der Waals surface area (Å²) >= 11 is 3.38. The zero-order chi connectivity index (χ0) is 18.5. The molecule has 1 aliphatic heterocycles. The summed E-state index contributed by atoms with van der Waals surface area (Å²) in [5.41, 5.74) is 0.206. The topological polar surface area (TPSA) is 82.1 Å². The van der Waals surface area contributed by atoms with Crippen LogP contribution < -0.4 is 9.47 Å². The van der Waals surface area contributed by atoms with Gasteiger partial charge in [0, 0.05) is 6.61 Å². The maximum absolute atomic E-state index is 12.3. The van der Waals surface area contributed by atoms with Gasteiger partial charge in [-0.25, -0.2) is 9.59 Å². The molecule has 26 heavy (non-hydrogen) atoms. The summed E-state index contributed by atoms with van der Waals surface area (Å²) in [5, 5.41) is 9.15. The molecule has 6 nitrogen and oxygen atoms in total. The number of carboxylic acids is 1. The van der Waals surface area contributed by atoms with Crippen LogP contribution in [0, 0.1) is 0 Å². The van der Waals surface area contributed by atoms with Crippen LogP contribution in [0.2, 0.25) is 0 Å². The van der Waals surface area contributed by atoms with Gasteiger partial charge in [-0.15, -0.1) is 0 Å². The van der Waals surface area contributed by atoms with E-state index in [1.54, 1.807) is 30.3 Å². The molecule has 0 bridgehead atoms. The van der Waals surface area contributed by atoms with E-state index in [0.717, 1.165) is 19.4 Å². The van der Waals surface area contributed by atoms with Crippen LogP contribution in [0.3, 0.4) is 0 Å². The highest BCUT2D eigenvalue weighted by Gasteiger charge is 2.18. The third-order valence-electron chi connectivity index (χ3n) is 3.94. The highest BCUT2D eigenvalue weighted by Crippen LogP contribution is 2.28. The highest BCUT2D eigenvalue weighted by atomic mass is 79.9. The average Bonchev–Trinajstić information content (AvgIpc) is 3.14. The van der Waals surface area contributed by atoms with Crippen molar-refractivity contribution < 1.29 is 28.9 Å². The first-order chi connectivity index (χ1) is 12.5. The second-order valence-electron chi connectivity index (χ2n) is 5.78. The summed E-state index contributed by atoms with van der Waals surface area (Å²) in [6.07, 6.45) is 2.11. The molecule has 7 heteroatoms. The first kappa shape index (κ1) is 18.4. The van der Waals surface area contributed by atoms with E-state index in [-0.39, 0.29) is 23.0 Å². The number of esters is 1. The van der Waals surface area contributed by atoms with Crippen LogP contribution >= 0.6 is 15.9 Å². The molecule has 1 aliphatic rings. The minimum Gasteiger partial charge on any atom is -0.490 e. The second kappa shape index (κ2) is 8.33. The predicted molar refractivity (Wildman–Crippen MR) is 97.0 cm³/mol. The van der Waals surface area contributed by atoms with Crippen molar-refractivity contribution in [3.63, 3.8) is 0 Å². The van der Waals surface area contributed by atoms with Crippen LogP contribution in [-0.4, -0.2) is 36.4 Å². The molecule has 1 N–H and O–H groups in total. The summed E-state index contributed by atoms with van der Waals surface area (Å²) in [6.45, 7) is 1.21. The molecule has 0 aromatic heterocycles. The fraction of sp³-hybridized carbons (Fsp3) is 0.263. The van der Waals surface area contributed by atoms with Crippen molar-refractivity contribution >= 4 is 27.9 Å². The molecule has 0 spiro atoms. The number of carboxylic acid groups (broad SMARTS) is 1. The SMILES string of the molecule is O=C(Oc1ccccc1C(=O)O)c1ccc(OCC2CCCO2)c(Br)c1. The Morgan fingerprint density at radius 3 is 2.69 bits per heavy atom. The van der Waals surface area contributed by atoms with E-state index in [1.807, 2.05) is 0 Å². The number of carbonyl (C=O) groups excluding carboxylic acids is 1. The maximum atomic E-state index is 12.3. The van der Waals surface area contributed by atoms with Crippen molar-refractivity contribution in [2.24, 2.45) is 0 Å². The minimum absolute atomic E-state index is 0.000156. The Kier molecular flexibility index (Phi) is 5.90. The lowest BCUT2D eigenvalue weighted by atomic mass is 10.2. The number of para-hydroxylation sites is 1. The van der Waals surface area contributed by atoms with Crippen LogP contribution in [0.4, 0.5) is 0 Å². The fourth-order valence-corrected chi connectivity index (χ4v) is 3.09. The maximum Gasteiger partial charge on any atom is 0.343 e. The summed E-state index contributed by atoms with van der Waals surface area (Å²) in [4.78, 5) is 23.5. The number of hydrogen-bond donors (Lipinski definition) is 1. The summed E-state index contributed by atoms with van der Waals surface area (Å²) < 4.78 is 17.1. The lowest BCUT2D eigenvalue weighted by Gasteiger charge is -2.13. The van der Waals surface area contributed by atoms with Gasteiger partial charge in [0.2, 0.25) is 0 Å². The van der Waals surface area contributed by atoms with Crippen LogP contribution in [0.5, 0.6) is 11.5 Å². The van der Waals surface area contributed by atoms with Gasteiger partial charge in [-0.1, -0.05) is 12.1 Å². The molecule has 0 aliphatic carbocycles. The fourth-order valence-electron chi connectivity index (χ4n) is 2.59. The van der Waals surface area contributed by atoms with Crippen molar-refractivity contribution in [3.05, 3.63) is 58.1 Å². The molecule has 3 rings (SSSR count). The molecule has 1 heterocycles. The Morgan fingerprint density at radius 2 is 2.00 bits per heavy atom. The van der Waals surface area contributed by atoms with Gasteiger partial charge in [-0.05, 0) is 59.1 Å². The molecule has 0 saturated carbocycles. The van der Waals surface area contributed by atoms with Gasteiger partial charge in [-0.3, -0.25) is 0 Å². The summed E-state index contributed by atoms with van der Waals surface area (Å²) in [6, 6.07) is 10.8. The van der Waals surface area contributed by atoms with E-state index in [9.17, 15) is 9.59 Å². The number of aromatic carboxylic acids is 1. The summed E-state index contributed by atoms with van der Waals surface area (Å²) in [7, 11) is 0. The quantitative estimate of drug-likeness (QED) is 0.563. The standard InChI is InChI=1S/C19H17BrO6/c20-15-10-12(7-8-17(15)25-11-13-4-3-9-24-13)19(23)26-16-6-2-1-5-14(16)18(21)22/h1-2,5-8,10,13H,3-4,9,11H2,(H,21,22). The van der Waals surface area contributed by atoms with Gasteiger partial charge >= 0.3 is 11.9 Å². The van der Waals surface area contributed by atoms with Crippen LogP contribution in [-0.2, 0) is 4.74 Å². The Balaban J connectivity index is 1.68. The van der Waals surface area contributed by atoms with Crippen LogP contribution in [0.15, 0.2) is 46.9 Å². The largest absolute Gasteiger partial charge is 0.490 e. The van der Waals surface area contributed by atoms with Gasteiger partial charge in [0.15, 0.2) is 0 Å². The highest BCUT2D eigenvalue weighted by molar-refractivity contribution is 9.10. The molecule has 1 atom stereocenters. The van der Waals surface area contributed by atoms with Gasteiger partial charge in [0.05, 0.1) is 16.1 Å². The van der Waals surface area contributed by atoms with E-state index in [0.29, 0.717) is 16.8 Å². The van der Waals surface area contributed by atoms with Crippen LogP contribution in [0.25, 0.3) is 0 Å². The monoisotopic (exact) mass is 420 g/mol. The van der Waals surface area contributed by atoms with E-state index in [1.165, 1.54) is 12.1 Å². The zero-order valence-electron chi connectivity index (χ0n) is 13.8. The summed E-state index contributed by atoms with van der Waals surface area (Å²) in [5.74, 6) is -1.21. The normalized spacial score (nSPS) is 16.3. The Hall–Kier alpha value is -2.38. The van der Waals surface area contributed by atoms with Gasteiger partial charge in [0.1, 0.15) is 23.7 Å². The van der Waals surface area contributed by atoms with E-state index >= 15 is 0 Å². The lowest BCUT2D eigenvalue weighted by Crippen LogP contribution is -2.16. The molecule has 2 aromatic rings. The molecule has 1 unspecified atom stereocenters. The molecular weight excluding hydrogens is 404 g/mol.